The predicted octanol–water partition coefficient (Wildman–Crippen LogP) is 7.25. The second kappa shape index (κ2) is 11.3. The highest BCUT2D eigenvalue weighted by atomic mass is 16.6. The molecule has 4 aromatic rings. The van der Waals surface area contributed by atoms with Crippen molar-refractivity contribution in [2.75, 3.05) is 5.32 Å². The Labute approximate surface area is 224 Å². The van der Waals surface area contributed by atoms with Gasteiger partial charge >= 0.3 is 5.97 Å². The van der Waals surface area contributed by atoms with E-state index in [0.29, 0.717) is 17.1 Å². The van der Waals surface area contributed by atoms with Crippen molar-refractivity contribution >= 4 is 17.6 Å². The third-order valence-electron chi connectivity index (χ3n) is 6.68. The number of benzene rings is 4. The van der Waals surface area contributed by atoms with E-state index in [1.54, 1.807) is 31.2 Å². The number of anilines is 1. The molecule has 1 atom stereocenters. The molecule has 194 valence electrons. The molecule has 0 bridgehead atoms. The number of carbonyl (C=O) groups is 2. The molecule has 0 fully saturated rings. The van der Waals surface area contributed by atoms with Crippen LogP contribution in [0, 0.1) is 13.8 Å². The van der Waals surface area contributed by atoms with Crippen LogP contribution in [0.4, 0.5) is 5.69 Å². The lowest BCUT2D eigenvalue weighted by molar-refractivity contribution is -0.141. The summed E-state index contributed by atoms with van der Waals surface area (Å²) in [4.78, 5) is 25.3. The minimum atomic E-state index is -0.810. The van der Waals surface area contributed by atoms with Crippen LogP contribution in [0.5, 0.6) is 11.5 Å². The molecule has 38 heavy (non-hydrogen) atoms. The summed E-state index contributed by atoms with van der Waals surface area (Å²) in [5, 5.41) is 2.92. The second-order valence-electron chi connectivity index (χ2n) is 9.99. The highest BCUT2D eigenvalue weighted by Crippen LogP contribution is 2.32. The number of nitrogens with one attached hydrogen (secondary N) is 1. The van der Waals surface area contributed by atoms with Crippen LogP contribution in [0.2, 0.25) is 0 Å². The Kier molecular flexibility index (Phi) is 7.96. The molecule has 0 aliphatic rings. The molecular weight excluding hydrogens is 474 g/mol. The molecule has 0 aromatic heterocycles. The minimum Gasteiger partial charge on any atom is -0.479 e. The van der Waals surface area contributed by atoms with Gasteiger partial charge in [-0.2, -0.15) is 0 Å². The van der Waals surface area contributed by atoms with Gasteiger partial charge in [0.25, 0.3) is 5.91 Å². The first-order valence-corrected chi connectivity index (χ1v) is 12.7. The highest BCUT2D eigenvalue weighted by molar-refractivity contribution is 6.04. The number of esters is 1. The zero-order chi connectivity index (χ0) is 27.3. The number of ether oxygens (including phenoxy) is 2. The minimum absolute atomic E-state index is 0.160. The SMILES string of the molecule is Cc1ccc(NC(=O)c2ccc(OC(=O)C(C)Oc3ccc(C(C)(C)c4ccccc4)cc3)cc2)c(C)c1. The molecule has 1 amide bonds. The molecule has 0 aliphatic carbocycles. The average molecular weight is 508 g/mol. The molecular formula is C33H33NO4. The van der Waals surface area contributed by atoms with E-state index in [9.17, 15) is 9.59 Å². The van der Waals surface area contributed by atoms with Crippen molar-refractivity contribution in [2.45, 2.75) is 46.1 Å². The van der Waals surface area contributed by atoms with Crippen molar-refractivity contribution in [2.24, 2.45) is 0 Å². The predicted molar refractivity (Wildman–Crippen MR) is 151 cm³/mol. The molecule has 0 saturated heterocycles. The molecule has 4 aromatic carbocycles. The van der Waals surface area contributed by atoms with Crippen molar-refractivity contribution in [1.29, 1.82) is 0 Å². The number of amides is 1. The van der Waals surface area contributed by atoms with E-state index in [0.717, 1.165) is 22.4 Å². The second-order valence-corrected chi connectivity index (χ2v) is 9.99. The van der Waals surface area contributed by atoms with Crippen LogP contribution in [0.15, 0.2) is 97.1 Å². The number of rotatable bonds is 8. The van der Waals surface area contributed by atoms with Crippen LogP contribution in [0.1, 0.15) is 53.4 Å². The Bertz CT molecular complexity index is 1410. The quantitative estimate of drug-likeness (QED) is 0.201. The van der Waals surface area contributed by atoms with E-state index in [4.69, 9.17) is 9.47 Å². The number of hydrogen-bond acceptors (Lipinski definition) is 4. The largest absolute Gasteiger partial charge is 0.479 e. The molecule has 0 aliphatic heterocycles. The summed E-state index contributed by atoms with van der Waals surface area (Å²) in [7, 11) is 0. The lowest BCUT2D eigenvalue weighted by Gasteiger charge is -2.26. The van der Waals surface area contributed by atoms with Crippen LogP contribution in [0.25, 0.3) is 0 Å². The number of hydrogen-bond donors (Lipinski definition) is 1. The maximum Gasteiger partial charge on any atom is 0.352 e. The molecule has 5 nitrogen and oxygen atoms in total. The monoisotopic (exact) mass is 507 g/mol. The molecule has 0 spiro atoms. The molecule has 5 heteroatoms. The van der Waals surface area contributed by atoms with Gasteiger partial charge in [-0.1, -0.05) is 74.0 Å². The third kappa shape index (κ3) is 6.30. The fourth-order valence-electron chi connectivity index (χ4n) is 4.25. The summed E-state index contributed by atoms with van der Waals surface area (Å²) in [6.45, 7) is 9.96. The highest BCUT2D eigenvalue weighted by Gasteiger charge is 2.23. The smallest absolute Gasteiger partial charge is 0.352 e. The Balaban J connectivity index is 1.33. The van der Waals surface area contributed by atoms with Gasteiger partial charge in [-0.25, -0.2) is 4.79 Å². The first-order valence-electron chi connectivity index (χ1n) is 12.7. The summed E-state index contributed by atoms with van der Waals surface area (Å²) in [6.07, 6.45) is -0.810. The van der Waals surface area contributed by atoms with Crippen molar-refractivity contribution < 1.29 is 19.1 Å². The number of aryl methyl sites for hydroxylation is 2. The van der Waals surface area contributed by atoms with Crippen molar-refractivity contribution in [1.82, 2.24) is 0 Å². The zero-order valence-corrected chi connectivity index (χ0v) is 22.4. The van der Waals surface area contributed by atoms with Crippen LogP contribution in [-0.2, 0) is 10.2 Å². The Hall–Kier alpha value is -4.38. The number of carbonyl (C=O) groups excluding carboxylic acids is 2. The van der Waals surface area contributed by atoms with Crippen LogP contribution < -0.4 is 14.8 Å². The van der Waals surface area contributed by atoms with E-state index >= 15 is 0 Å². The maximum atomic E-state index is 12.6. The normalized spacial score (nSPS) is 11.9. The van der Waals surface area contributed by atoms with Crippen molar-refractivity contribution in [3.63, 3.8) is 0 Å². The lowest BCUT2D eigenvalue weighted by Crippen LogP contribution is -2.28. The Morgan fingerprint density at radius 1 is 0.763 bits per heavy atom. The molecule has 1 unspecified atom stereocenters. The average Bonchev–Trinajstić information content (AvgIpc) is 2.91. The van der Waals surface area contributed by atoms with Gasteiger partial charge in [0.05, 0.1) is 0 Å². The summed E-state index contributed by atoms with van der Waals surface area (Å²) in [5.74, 6) is 0.172. The maximum absolute atomic E-state index is 12.6. The van der Waals surface area contributed by atoms with Crippen LogP contribution >= 0.6 is 0 Å². The molecule has 4 rings (SSSR count). The van der Waals surface area contributed by atoms with Gasteiger partial charge in [-0.15, -0.1) is 0 Å². The van der Waals surface area contributed by atoms with Gasteiger partial charge in [-0.05, 0) is 79.9 Å². The van der Waals surface area contributed by atoms with Crippen LogP contribution in [0.3, 0.4) is 0 Å². The van der Waals surface area contributed by atoms with Crippen LogP contribution in [-0.4, -0.2) is 18.0 Å². The standard InChI is InChI=1S/C33H33NO4/c1-22-11-20-30(23(2)21-22)34-31(35)25-12-16-29(17-13-25)38-32(36)24(3)37-28-18-14-27(15-19-28)33(4,5)26-9-7-6-8-10-26/h6-21,24H,1-5H3,(H,34,35). The van der Waals surface area contributed by atoms with E-state index in [1.165, 1.54) is 5.56 Å². The summed E-state index contributed by atoms with van der Waals surface area (Å²) >= 11 is 0. The van der Waals surface area contributed by atoms with Crippen molar-refractivity contribution in [3.05, 3.63) is 125 Å². The van der Waals surface area contributed by atoms with Gasteiger partial charge in [0.1, 0.15) is 11.5 Å². The fraction of sp³-hybridized carbons (Fsp3) is 0.212. The lowest BCUT2D eigenvalue weighted by atomic mass is 9.78. The zero-order valence-electron chi connectivity index (χ0n) is 22.4. The van der Waals surface area contributed by atoms with Gasteiger partial charge < -0.3 is 14.8 Å². The molecule has 0 heterocycles. The third-order valence-corrected chi connectivity index (χ3v) is 6.68. The Morgan fingerprint density at radius 2 is 1.37 bits per heavy atom. The molecule has 1 N–H and O–H groups in total. The molecule has 0 saturated carbocycles. The first-order chi connectivity index (χ1) is 18.1. The van der Waals surface area contributed by atoms with Gasteiger partial charge in [0, 0.05) is 16.7 Å². The summed E-state index contributed by atoms with van der Waals surface area (Å²) in [6, 6.07) is 30.4. The fourth-order valence-corrected chi connectivity index (χ4v) is 4.25. The topological polar surface area (TPSA) is 64.6 Å². The van der Waals surface area contributed by atoms with E-state index in [-0.39, 0.29) is 11.3 Å². The summed E-state index contributed by atoms with van der Waals surface area (Å²) in [5.41, 5.74) is 5.56. The molecule has 0 radical (unpaired) electrons. The van der Waals surface area contributed by atoms with E-state index in [2.05, 4.69) is 31.3 Å². The van der Waals surface area contributed by atoms with Crippen molar-refractivity contribution in [3.8, 4) is 11.5 Å². The Morgan fingerprint density at radius 3 is 2.00 bits per heavy atom. The van der Waals surface area contributed by atoms with Gasteiger partial charge in [0.2, 0.25) is 0 Å². The van der Waals surface area contributed by atoms with E-state index in [1.807, 2.05) is 74.5 Å². The van der Waals surface area contributed by atoms with Gasteiger partial charge in [0.15, 0.2) is 6.10 Å². The van der Waals surface area contributed by atoms with Gasteiger partial charge in [-0.3, -0.25) is 4.79 Å². The van der Waals surface area contributed by atoms with E-state index < -0.39 is 12.1 Å². The summed E-state index contributed by atoms with van der Waals surface area (Å²) < 4.78 is 11.3. The first kappa shape index (κ1) is 26.7.